The molecule has 2 heterocycles. The first-order valence-corrected chi connectivity index (χ1v) is 5.25. The lowest BCUT2D eigenvalue weighted by atomic mass is 9.99. The van der Waals surface area contributed by atoms with E-state index in [1.54, 1.807) is 6.07 Å². The normalized spacial score (nSPS) is 14.8. The zero-order valence-corrected chi connectivity index (χ0v) is 8.77. The van der Waals surface area contributed by atoms with Crippen molar-refractivity contribution >= 4 is 5.88 Å². The van der Waals surface area contributed by atoms with Crippen molar-refractivity contribution in [3.63, 3.8) is 0 Å². The number of fused-ring (bicyclic) bond motifs is 1. The van der Waals surface area contributed by atoms with Crippen molar-refractivity contribution in [2.24, 2.45) is 0 Å². The van der Waals surface area contributed by atoms with Crippen molar-refractivity contribution in [3.8, 4) is 11.3 Å². The fourth-order valence-corrected chi connectivity index (χ4v) is 1.95. The van der Waals surface area contributed by atoms with Crippen LogP contribution in [0.5, 0.6) is 0 Å². The second-order valence-electron chi connectivity index (χ2n) is 3.90. The van der Waals surface area contributed by atoms with Crippen molar-refractivity contribution in [2.75, 3.05) is 12.3 Å². The molecule has 2 aromatic rings. The molecule has 82 valence electrons. The summed E-state index contributed by atoms with van der Waals surface area (Å²) >= 11 is 0. The van der Waals surface area contributed by atoms with Crippen LogP contribution in [0.4, 0.5) is 5.88 Å². The SMILES string of the molecule is Nc1cc(-c2ccc3c(c2)CCOC3)no1. The minimum absolute atomic E-state index is 0.344. The highest BCUT2D eigenvalue weighted by Gasteiger charge is 2.11. The van der Waals surface area contributed by atoms with Crippen LogP contribution < -0.4 is 5.73 Å². The summed E-state index contributed by atoms with van der Waals surface area (Å²) in [6.07, 6.45) is 0.955. The Bertz CT molecular complexity index is 519. The van der Waals surface area contributed by atoms with E-state index >= 15 is 0 Å². The highest BCUT2D eigenvalue weighted by atomic mass is 16.5. The average Bonchev–Trinajstić information content (AvgIpc) is 2.75. The number of hydrogen-bond donors (Lipinski definition) is 1. The molecule has 1 aliphatic heterocycles. The molecule has 16 heavy (non-hydrogen) atoms. The number of nitrogen functional groups attached to an aromatic ring is 1. The van der Waals surface area contributed by atoms with Gasteiger partial charge >= 0.3 is 0 Å². The fraction of sp³-hybridized carbons (Fsp3) is 0.250. The van der Waals surface area contributed by atoms with Gasteiger partial charge in [-0.1, -0.05) is 17.3 Å². The van der Waals surface area contributed by atoms with Gasteiger partial charge in [0.25, 0.3) is 0 Å². The number of hydrogen-bond acceptors (Lipinski definition) is 4. The Kier molecular flexibility index (Phi) is 2.15. The van der Waals surface area contributed by atoms with Gasteiger partial charge in [0.05, 0.1) is 13.2 Å². The van der Waals surface area contributed by atoms with Crippen LogP contribution in [0.1, 0.15) is 11.1 Å². The van der Waals surface area contributed by atoms with E-state index in [0.717, 1.165) is 24.3 Å². The van der Waals surface area contributed by atoms with Crippen molar-refractivity contribution < 1.29 is 9.26 Å². The van der Waals surface area contributed by atoms with Crippen LogP contribution in [0.2, 0.25) is 0 Å². The average molecular weight is 216 g/mol. The first-order chi connectivity index (χ1) is 7.83. The highest BCUT2D eigenvalue weighted by molar-refractivity contribution is 5.62. The second-order valence-corrected chi connectivity index (χ2v) is 3.90. The predicted molar refractivity (Wildman–Crippen MR) is 59.7 cm³/mol. The molecule has 0 unspecified atom stereocenters. The maximum atomic E-state index is 5.50. The third-order valence-electron chi connectivity index (χ3n) is 2.80. The molecule has 0 atom stereocenters. The van der Waals surface area contributed by atoms with Gasteiger partial charge in [-0.25, -0.2) is 0 Å². The van der Waals surface area contributed by atoms with Gasteiger partial charge in [-0.15, -0.1) is 0 Å². The molecule has 2 N–H and O–H groups in total. The summed E-state index contributed by atoms with van der Waals surface area (Å²) in [5.41, 5.74) is 9.91. The van der Waals surface area contributed by atoms with E-state index in [2.05, 4.69) is 17.3 Å². The fourth-order valence-electron chi connectivity index (χ4n) is 1.95. The third-order valence-corrected chi connectivity index (χ3v) is 2.80. The summed E-state index contributed by atoms with van der Waals surface area (Å²) in [7, 11) is 0. The maximum absolute atomic E-state index is 5.50. The molecule has 0 spiro atoms. The Labute approximate surface area is 93.0 Å². The summed E-state index contributed by atoms with van der Waals surface area (Å²) in [6, 6.07) is 7.97. The Balaban J connectivity index is 2.02. The van der Waals surface area contributed by atoms with Gasteiger partial charge in [0.1, 0.15) is 5.69 Å². The molecule has 0 amide bonds. The molecule has 3 rings (SSSR count). The minimum Gasteiger partial charge on any atom is -0.376 e. The maximum Gasteiger partial charge on any atom is 0.222 e. The summed E-state index contributed by atoms with van der Waals surface area (Å²) < 4.78 is 10.3. The quantitative estimate of drug-likeness (QED) is 0.791. The standard InChI is InChI=1S/C12H12N2O2/c13-12-6-11(14-16-12)9-1-2-10-7-15-4-3-8(10)5-9/h1-2,5-6H,3-4,7,13H2. The zero-order chi connectivity index (χ0) is 11.0. The first-order valence-electron chi connectivity index (χ1n) is 5.25. The summed E-state index contributed by atoms with van der Waals surface area (Å²) in [4.78, 5) is 0. The number of anilines is 1. The summed E-state index contributed by atoms with van der Waals surface area (Å²) in [5.74, 6) is 0.344. The van der Waals surface area contributed by atoms with E-state index in [0.29, 0.717) is 12.5 Å². The van der Waals surface area contributed by atoms with Crippen LogP contribution in [0.15, 0.2) is 28.8 Å². The lowest BCUT2D eigenvalue weighted by Gasteiger charge is -2.16. The third kappa shape index (κ3) is 1.57. The molecular weight excluding hydrogens is 204 g/mol. The van der Waals surface area contributed by atoms with E-state index in [4.69, 9.17) is 15.0 Å². The van der Waals surface area contributed by atoms with Crippen molar-refractivity contribution in [3.05, 3.63) is 35.4 Å². The molecule has 0 saturated heterocycles. The topological polar surface area (TPSA) is 61.3 Å². The molecule has 0 radical (unpaired) electrons. The van der Waals surface area contributed by atoms with Gasteiger partial charge < -0.3 is 15.0 Å². The smallest absolute Gasteiger partial charge is 0.222 e. The highest BCUT2D eigenvalue weighted by Crippen LogP contribution is 2.25. The van der Waals surface area contributed by atoms with E-state index in [9.17, 15) is 0 Å². The van der Waals surface area contributed by atoms with E-state index < -0.39 is 0 Å². The van der Waals surface area contributed by atoms with Crippen LogP contribution >= 0.6 is 0 Å². The van der Waals surface area contributed by atoms with Crippen LogP contribution in [0.3, 0.4) is 0 Å². The lowest BCUT2D eigenvalue weighted by molar-refractivity contribution is 0.111. The van der Waals surface area contributed by atoms with E-state index in [1.165, 1.54) is 11.1 Å². The van der Waals surface area contributed by atoms with Gasteiger partial charge in [-0.2, -0.15) is 0 Å². The molecule has 0 bridgehead atoms. The van der Waals surface area contributed by atoms with Crippen molar-refractivity contribution in [1.82, 2.24) is 5.16 Å². The first kappa shape index (κ1) is 9.42. The van der Waals surface area contributed by atoms with Gasteiger partial charge in [0.15, 0.2) is 0 Å². The Morgan fingerprint density at radius 2 is 2.12 bits per heavy atom. The van der Waals surface area contributed by atoms with Crippen LogP contribution in [-0.4, -0.2) is 11.8 Å². The lowest BCUT2D eigenvalue weighted by Crippen LogP contribution is -2.09. The molecule has 0 saturated carbocycles. The molecule has 0 aliphatic carbocycles. The molecule has 1 aliphatic rings. The molecule has 4 heteroatoms. The van der Waals surface area contributed by atoms with Crippen LogP contribution in [-0.2, 0) is 17.8 Å². The Morgan fingerprint density at radius 1 is 1.19 bits per heavy atom. The van der Waals surface area contributed by atoms with Crippen molar-refractivity contribution in [2.45, 2.75) is 13.0 Å². The monoisotopic (exact) mass is 216 g/mol. The number of rotatable bonds is 1. The molecule has 4 nitrogen and oxygen atoms in total. The largest absolute Gasteiger partial charge is 0.376 e. The number of nitrogens with zero attached hydrogens (tertiary/aromatic N) is 1. The van der Waals surface area contributed by atoms with Gasteiger partial charge in [-0.3, -0.25) is 0 Å². The van der Waals surface area contributed by atoms with E-state index in [1.807, 2.05) is 6.07 Å². The zero-order valence-electron chi connectivity index (χ0n) is 8.77. The number of nitrogens with two attached hydrogens (primary N) is 1. The Hall–Kier alpha value is -1.81. The van der Waals surface area contributed by atoms with Crippen molar-refractivity contribution in [1.29, 1.82) is 0 Å². The summed E-state index contributed by atoms with van der Waals surface area (Å²) in [5, 5.41) is 3.90. The minimum atomic E-state index is 0.344. The molecule has 0 fully saturated rings. The van der Waals surface area contributed by atoms with Gasteiger partial charge in [0.2, 0.25) is 5.88 Å². The number of ether oxygens (including phenoxy) is 1. The number of benzene rings is 1. The van der Waals surface area contributed by atoms with E-state index in [-0.39, 0.29) is 0 Å². The second kappa shape index (κ2) is 3.64. The Morgan fingerprint density at radius 3 is 2.94 bits per heavy atom. The molecule has 1 aromatic heterocycles. The number of aromatic nitrogens is 1. The van der Waals surface area contributed by atoms with Crippen LogP contribution in [0.25, 0.3) is 11.3 Å². The van der Waals surface area contributed by atoms with Gasteiger partial charge in [0, 0.05) is 11.6 Å². The molecule has 1 aromatic carbocycles. The van der Waals surface area contributed by atoms with Gasteiger partial charge in [-0.05, 0) is 23.6 Å². The van der Waals surface area contributed by atoms with Crippen LogP contribution in [0, 0.1) is 0 Å². The predicted octanol–water partition coefficient (Wildman–Crippen LogP) is 2.00. The summed E-state index contributed by atoms with van der Waals surface area (Å²) in [6.45, 7) is 1.49. The molecular formula is C12H12N2O2.